The Bertz CT molecular complexity index is 803. The average molecular weight is 303 g/mol. The molecule has 1 atom stereocenters. The van der Waals surface area contributed by atoms with Crippen LogP contribution < -0.4 is 0 Å². The van der Waals surface area contributed by atoms with E-state index < -0.39 is 0 Å². The van der Waals surface area contributed by atoms with Gasteiger partial charge in [-0.1, -0.05) is 72.8 Å². The zero-order valence-corrected chi connectivity index (χ0v) is 13.6. The Morgan fingerprint density at radius 2 is 1.52 bits per heavy atom. The van der Waals surface area contributed by atoms with Crippen LogP contribution in [0, 0.1) is 0 Å². The first-order valence-corrected chi connectivity index (χ1v) is 7.89. The fraction of sp³-hybridized carbons (Fsp3) is 0.190. The third kappa shape index (κ3) is 3.33. The third-order valence-electron chi connectivity index (χ3n) is 4.28. The van der Waals surface area contributed by atoms with Crippen LogP contribution in [-0.2, 0) is 6.42 Å². The number of hydrogen-bond acceptors (Lipinski definition) is 2. The average Bonchev–Trinajstić information content (AvgIpc) is 2.59. The quantitative estimate of drug-likeness (QED) is 0.659. The summed E-state index contributed by atoms with van der Waals surface area (Å²) in [5, 5.41) is 2.44. The summed E-state index contributed by atoms with van der Waals surface area (Å²) in [4.78, 5) is 14.9. The Hall–Kier alpha value is -2.45. The van der Waals surface area contributed by atoms with Crippen LogP contribution in [0.25, 0.3) is 10.8 Å². The standard InChI is InChI=1S/C21H21NO/c1-22(2)20(21(23)17-10-4-3-5-11-17)15-18-13-8-12-16-9-6-7-14-19(16)18/h3-14,20H,15H2,1-2H3/t20-/m1/s1. The van der Waals surface area contributed by atoms with Crippen molar-refractivity contribution in [3.63, 3.8) is 0 Å². The Morgan fingerprint density at radius 1 is 0.870 bits per heavy atom. The van der Waals surface area contributed by atoms with Crippen LogP contribution in [0.15, 0.2) is 72.8 Å². The Labute approximate surface area is 137 Å². The highest BCUT2D eigenvalue weighted by Gasteiger charge is 2.23. The largest absolute Gasteiger partial charge is 0.299 e. The predicted molar refractivity (Wildman–Crippen MR) is 95.9 cm³/mol. The second-order valence-electron chi connectivity index (χ2n) is 6.05. The summed E-state index contributed by atoms with van der Waals surface area (Å²) in [5.41, 5.74) is 1.98. The van der Waals surface area contributed by atoms with Crippen LogP contribution in [0.5, 0.6) is 0 Å². The maximum Gasteiger partial charge on any atom is 0.180 e. The number of hydrogen-bond donors (Lipinski definition) is 0. The lowest BCUT2D eigenvalue weighted by molar-refractivity contribution is 0.0875. The number of Topliss-reactive ketones (excluding diaryl/α,β-unsaturated/α-hetero) is 1. The Balaban J connectivity index is 1.95. The summed E-state index contributed by atoms with van der Waals surface area (Å²) in [6.07, 6.45) is 0.710. The molecule has 0 bridgehead atoms. The number of nitrogens with zero attached hydrogens (tertiary/aromatic N) is 1. The SMILES string of the molecule is CN(C)[C@H](Cc1cccc2ccccc12)C(=O)c1ccccc1. The molecule has 0 aliphatic carbocycles. The van der Waals surface area contributed by atoms with Gasteiger partial charge in [-0.05, 0) is 36.9 Å². The smallest absolute Gasteiger partial charge is 0.180 e. The van der Waals surface area contributed by atoms with E-state index in [9.17, 15) is 4.79 Å². The summed E-state index contributed by atoms with van der Waals surface area (Å²) >= 11 is 0. The van der Waals surface area contributed by atoms with Gasteiger partial charge in [0.25, 0.3) is 0 Å². The predicted octanol–water partition coefficient (Wildman–Crippen LogP) is 4.20. The van der Waals surface area contributed by atoms with Crippen molar-refractivity contribution < 1.29 is 4.79 Å². The number of fused-ring (bicyclic) bond motifs is 1. The van der Waals surface area contributed by atoms with Crippen LogP contribution in [0.2, 0.25) is 0 Å². The van der Waals surface area contributed by atoms with Gasteiger partial charge in [0, 0.05) is 5.56 Å². The van der Waals surface area contributed by atoms with Crippen molar-refractivity contribution in [2.75, 3.05) is 14.1 Å². The Kier molecular flexibility index (Phi) is 4.54. The maximum atomic E-state index is 12.9. The van der Waals surface area contributed by atoms with Gasteiger partial charge >= 0.3 is 0 Å². The van der Waals surface area contributed by atoms with E-state index in [-0.39, 0.29) is 11.8 Å². The van der Waals surface area contributed by atoms with Gasteiger partial charge in [-0.2, -0.15) is 0 Å². The highest BCUT2D eigenvalue weighted by atomic mass is 16.1. The lowest BCUT2D eigenvalue weighted by atomic mass is 9.94. The molecule has 0 fully saturated rings. The first-order valence-electron chi connectivity index (χ1n) is 7.89. The lowest BCUT2D eigenvalue weighted by Gasteiger charge is -2.24. The molecule has 0 aromatic heterocycles. The molecule has 0 aliphatic rings. The van der Waals surface area contributed by atoms with Crippen molar-refractivity contribution in [2.45, 2.75) is 12.5 Å². The topological polar surface area (TPSA) is 20.3 Å². The van der Waals surface area contributed by atoms with Gasteiger partial charge in [0.05, 0.1) is 6.04 Å². The molecule has 0 amide bonds. The molecular formula is C21H21NO. The number of likely N-dealkylation sites (N-methyl/N-ethyl adjacent to an activating group) is 1. The molecule has 3 rings (SSSR count). The van der Waals surface area contributed by atoms with Gasteiger partial charge in [-0.3, -0.25) is 9.69 Å². The van der Waals surface area contributed by atoms with Gasteiger partial charge in [0.15, 0.2) is 5.78 Å². The molecule has 3 aromatic carbocycles. The van der Waals surface area contributed by atoms with Crippen molar-refractivity contribution in [3.05, 3.63) is 83.9 Å². The molecule has 2 nitrogen and oxygen atoms in total. The third-order valence-corrected chi connectivity index (χ3v) is 4.28. The summed E-state index contributed by atoms with van der Waals surface area (Å²) in [5.74, 6) is 0.170. The number of carbonyl (C=O) groups is 1. The molecule has 116 valence electrons. The zero-order chi connectivity index (χ0) is 16.2. The van der Waals surface area contributed by atoms with E-state index in [1.54, 1.807) is 0 Å². The van der Waals surface area contributed by atoms with Crippen LogP contribution in [0.4, 0.5) is 0 Å². The number of carbonyl (C=O) groups excluding carboxylic acids is 1. The first kappa shape index (κ1) is 15.4. The fourth-order valence-electron chi connectivity index (χ4n) is 2.98. The maximum absolute atomic E-state index is 12.9. The minimum atomic E-state index is -0.164. The summed E-state index contributed by atoms with van der Waals surface area (Å²) < 4.78 is 0. The number of rotatable bonds is 5. The molecule has 0 saturated carbocycles. The van der Waals surface area contributed by atoms with E-state index in [1.807, 2.05) is 55.4 Å². The van der Waals surface area contributed by atoms with Gasteiger partial charge in [0.1, 0.15) is 0 Å². The van der Waals surface area contributed by atoms with E-state index >= 15 is 0 Å². The minimum absolute atomic E-state index is 0.164. The molecule has 0 radical (unpaired) electrons. The van der Waals surface area contributed by atoms with Gasteiger partial charge in [0.2, 0.25) is 0 Å². The van der Waals surface area contributed by atoms with Crippen molar-refractivity contribution in [3.8, 4) is 0 Å². The van der Waals surface area contributed by atoms with Crippen molar-refractivity contribution >= 4 is 16.6 Å². The van der Waals surface area contributed by atoms with Crippen molar-refractivity contribution in [2.24, 2.45) is 0 Å². The van der Waals surface area contributed by atoms with Gasteiger partial charge in [-0.15, -0.1) is 0 Å². The Morgan fingerprint density at radius 3 is 2.26 bits per heavy atom. The van der Waals surface area contributed by atoms with Crippen LogP contribution in [0.1, 0.15) is 15.9 Å². The monoisotopic (exact) mass is 303 g/mol. The summed E-state index contributed by atoms with van der Waals surface area (Å²) in [6, 6.07) is 24.0. The number of ketones is 1. The first-order chi connectivity index (χ1) is 11.2. The van der Waals surface area contributed by atoms with Crippen molar-refractivity contribution in [1.29, 1.82) is 0 Å². The molecular weight excluding hydrogens is 282 g/mol. The molecule has 0 spiro atoms. The van der Waals surface area contributed by atoms with E-state index in [0.29, 0.717) is 6.42 Å². The fourth-order valence-corrected chi connectivity index (χ4v) is 2.98. The van der Waals surface area contributed by atoms with Crippen molar-refractivity contribution in [1.82, 2.24) is 4.90 Å². The molecule has 3 aromatic rings. The van der Waals surface area contributed by atoms with Gasteiger partial charge in [-0.25, -0.2) is 0 Å². The number of benzene rings is 3. The molecule has 2 heteroatoms. The second kappa shape index (κ2) is 6.76. The zero-order valence-electron chi connectivity index (χ0n) is 13.6. The normalized spacial score (nSPS) is 12.5. The van der Waals surface area contributed by atoms with E-state index in [1.165, 1.54) is 16.3 Å². The highest BCUT2D eigenvalue weighted by Crippen LogP contribution is 2.22. The molecule has 0 N–H and O–H groups in total. The second-order valence-corrected chi connectivity index (χ2v) is 6.05. The minimum Gasteiger partial charge on any atom is -0.299 e. The van der Waals surface area contributed by atoms with E-state index in [0.717, 1.165) is 5.56 Å². The molecule has 0 aliphatic heterocycles. The van der Waals surface area contributed by atoms with E-state index in [4.69, 9.17) is 0 Å². The molecule has 0 heterocycles. The van der Waals surface area contributed by atoms with Gasteiger partial charge < -0.3 is 0 Å². The van der Waals surface area contributed by atoms with Crippen LogP contribution in [0.3, 0.4) is 0 Å². The van der Waals surface area contributed by atoms with E-state index in [2.05, 4.69) is 36.4 Å². The molecule has 0 unspecified atom stereocenters. The summed E-state index contributed by atoms with van der Waals surface area (Å²) in [7, 11) is 3.94. The molecule has 0 saturated heterocycles. The lowest BCUT2D eigenvalue weighted by Crippen LogP contribution is -2.37. The highest BCUT2D eigenvalue weighted by molar-refractivity contribution is 6.00. The molecule has 23 heavy (non-hydrogen) atoms. The summed E-state index contributed by atoms with van der Waals surface area (Å²) in [6.45, 7) is 0. The van der Waals surface area contributed by atoms with Crippen LogP contribution in [-0.4, -0.2) is 30.8 Å². The van der Waals surface area contributed by atoms with Crippen LogP contribution >= 0.6 is 0 Å².